The van der Waals surface area contributed by atoms with Crippen LogP contribution in [0.2, 0.25) is 0 Å². The highest BCUT2D eigenvalue weighted by molar-refractivity contribution is 6.04. The van der Waals surface area contributed by atoms with Gasteiger partial charge in [0, 0.05) is 48.9 Å². The number of esters is 2. The largest absolute Gasteiger partial charge is 0.458 e. The van der Waals surface area contributed by atoms with Crippen LogP contribution in [0.25, 0.3) is 0 Å². The molecule has 4 rings (SSSR count). The zero-order valence-electron chi connectivity index (χ0n) is 27.8. The molecule has 44 heavy (non-hydrogen) atoms. The molecule has 3 N–H and O–H groups in total. The van der Waals surface area contributed by atoms with E-state index in [1.54, 1.807) is 26.0 Å². The first-order valence-corrected chi connectivity index (χ1v) is 17.1. The second-order valence-electron chi connectivity index (χ2n) is 14.7. The fourth-order valence-corrected chi connectivity index (χ4v) is 9.20. The third-order valence-electron chi connectivity index (χ3n) is 11.5. The molecular formula is C36H56O8. The number of hydrogen-bond acceptors (Lipinski definition) is 8. The quantitative estimate of drug-likeness (QED) is 0.120. The number of carbonyl (C=O) groups excluding carboxylic acids is 3. The van der Waals surface area contributed by atoms with E-state index in [4.69, 9.17) is 9.47 Å². The van der Waals surface area contributed by atoms with Crippen molar-refractivity contribution in [3.05, 3.63) is 23.3 Å². The molecule has 0 heterocycles. The zero-order chi connectivity index (χ0) is 32.5. The minimum absolute atomic E-state index is 0.108. The monoisotopic (exact) mass is 616 g/mol. The Hall–Kier alpha value is -2.03. The van der Waals surface area contributed by atoms with E-state index >= 15 is 0 Å². The molecule has 0 saturated heterocycles. The molecule has 8 nitrogen and oxygen atoms in total. The molecule has 0 aliphatic heterocycles. The summed E-state index contributed by atoms with van der Waals surface area (Å²) in [5, 5.41) is 34.8. The van der Waals surface area contributed by atoms with Crippen molar-refractivity contribution >= 4 is 17.7 Å². The molecule has 0 spiro atoms. The predicted molar refractivity (Wildman–Crippen MR) is 167 cm³/mol. The molecule has 4 aliphatic carbocycles. The van der Waals surface area contributed by atoms with Crippen molar-refractivity contribution in [3.8, 4) is 0 Å². The first-order chi connectivity index (χ1) is 20.7. The van der Waals surface area contributed by atoms with Crippen LogP contribution in [0.4, 0.5) is 0 Å². The summed E-state index contributed by atoms with van der Waals surface area (Å²) in [5.74, 6) is -4.29. The summed E-state index contributed by atoms with van der Waals surface area (Å²) < 4.78 is 12.3. The lowest BCUT2D eigenvalue weighted by molar-refractivity contribution is -0.228. The highest BCUT2D eigenvalue weighted by Crippen LogP contribution is 2.77. The van der Waals surface area contributed by atoms with Gasteiger partial charge < -0.3 is 24.8 Å². The van der Waals surface area contributed by atoms with Crippen LogP contribution in [0.1, 0.15) is 125 Å². The molecule has 2 fully saturated rings. The average Bonchev–Trinajstić information content (AvgIpc) is 3.38. The maximum absolute atomic E-state index is 13.3. The standard InChI is InChI=1S/C36H56O8/c1-7-8-9-10-11-12-13-14-15-16-17-18-29(39)43-32-24(3)35(42)27(30-33(5,6)36(30,32)44-25(4)38)20-26(22-37)21-34(41)28(35)19-23(2)31(34)40/h19-20,24,27-28,30,32,37,41-42H,7-18,21-22H2,1-6H3/t24-,27+,28?,30-,32-,34-,35-,36-/m1/s1. The van der Waals surface area contributed by atoms with Crippen molar-refractivity contribution in [2.24, 2.45) is 29.1 Å². The fraction of sp³-hybridized carbons (Fsp3) is 0.806. The van der Waals surface area contributed by atoms with Gasteiger partial charge in [0.05, 0.1) is 12.2 Å². The Labute approximate surface area is 263 Å². The molecule has 248 valence electrons. The summed E-state index contributed by atoms with van der Waals surface area (Å²) in [4.78, 5) is 39.1. The van der Waals surface area contributed by atoms with Crippen molar-refractivity contribution < 1.29 is 39.2 Å². The van der Waals surface area contributed by atoms with E-state index in [0.717, 1.165) is 19.3 Å². The molecule has 8 atom stereocenters. The van der Waals surface area contributed by atoms with Gasteiger partial charge in [-0.1, -0.05) is 104 Å². The SMILES string of the molecule is CCCCCCCCCCCCCC(=O)O[C@@H]1[C@@H](C)[C@]2(O)C3C=C(C)C(=O)[C@@]3(O)CC(CO)=C[C@H]2[C@@H]2C(C)(C)[C@]12OC(C)=O. The molecule has 2 saturated carbocycles. The van der Waals surface area contributed by atoms with Gasteiger partial charge in [-0.15, -0.1) is 0 Å². The number of carbonyl (C=O) groups is 3. The molecule has 8 heteroatoms. The number of ketones is 1. The van der Waals surface area contributed by atoms with E-state index in [-0.39, 0.29) is 19.4 Å². The Bertz CT molecular complexity index is 1150. The number of aliphatic hydroxyl groups excluding tert-OH is 1. The fourth-order valence-electron chi connectivity index (χ4n) is 9.20. The summed E-state index contributed by atoms with van der Waals surface area (Å²) in [6.07, 6.45) is 15.4. The minimum Gasteiger partial charge on any atom is -0.458 e. The van der Waals surface area contributed by atoms with Gasteiger partial charge in [-0.25, -0.2) is 0 Å². The first kappa shape index (κ1) is 34.8. The van der Waals surface area contributed by atoms with Gasteiger partial charge in [0.25, 0.3) is 0 Å². The Morgan fingerprint density at radius 2 is 1.52 bits per heavy atom. The van der Waals surface area contributed by atoms with E-state index in [9.17, 15) is 29.7 Å². The van der Waals surface area contributed by atoms with E-state index in [0.29, 0.717) is 17.6 Å². The van der Waals surface area contributed by atoms with Crippen LogP contribution in [0, 0.1) is 29.1 Å². The van der Waals surface area contributed by atoms with Crippen LogP contribution in [0.15, 0.2) is 23.3 Å². The van der Waals surface area contributed by atoms with E-state index in [2.05, 4.69) is 6.92 Å². The Balaban J connectivity index is 1.51. The average molecular weight is 617 g/mol. The first-order valence-electron chi connectivity index (χ1n) is 17.1. The van der Waals surface area contributed by atoms with Gasteiger partial charge in [-0.3, -0.25) is 14.4 Å². The van der Waals surface area contributed by atoms with E-state index in [1.165, 1.54) is 51.9 Å². The molecule has 0 aromatic rings. The maximum atomic E-state index is 13.3. The maximum Gasteiger partial charge on any atom is 0.306 e. The normalized spacial score (nSPS) is 36.8. The third kappa shape index (κ3) is 5.84. The molecule has 4 aliphatic rings. The molecule has 0 amide bonds. The predicted octanol–water partition coefficient (Wildman–Crippen LogP) is 5.75. The van der Waals surface area contributed by atoms with Gasteiger partial charge in [-0.2, -0.15) is 0 Å². The number of aliphatic hydroxyl groups is 3. The minimum atomic E-state index is -1.93. The highest BCUT2D eigenvalue weighted by atomic mass is 16.6. The molecule has 0 radical (unpaired) electrons. The lowest BCUT2D eigenvalue weighted by Crippen LogP contribution is -2.66. The van der Waals surface area contributed by atoms with Crippen LogP contribution >= 0.6 is 0 Å². The van der Waals surface area contributed by atoms with Crippen molar-refractivity contribution in [3.63, 3.8) is 0 Å². The van der Waals surface area contributed by atoms with Crippen LogP contribution in [-0.4, -0.2) is 62.6 Å². The van der Waals surface area contributed by atoms with Gasteiger partial charge in [0.1, 0.15) is 11.7 Å². The number of hydrogen-bond donors (Lipinski definition) is 3. The number of fused-ring (bicyclic) bond motifs is 5. The molecular weight excluding hydrogens is 560 g/mol. The Morgan fingerprint density at radius 3 is 2.07 bits per heavy atom. The van der Waals surface area contributed by atoms with Gasteiger partial charge >= 0.3 is 11.9 Å². The molecule has 0 aromatic heterocycles. The van der Waals surface area contributed by atoms with E-state index in [1.807, 2.05) is 13.8 Å². The van der Waals surface area contributed by atoms with Gasteiger partial charge in [0.15, 0.2) is 11.4 Å². The highest BCUT2D eigenvalue weighted by Gasteiger charge is 2.87. The second-order valence-corrected chi connectivity index (χ2v) is 14.7. The summed E-state index contributed by atoms with van der Waals surface area (Å²) >= 11 is 0. The number of Topliss-reactive ketones (excluding diaryl/α,β-unsaturated/α-hetero) is 1. The van der Waals surface area contributed by atoms with Crippen molar-refractivity contribution in [1.82, 2.24) is 0 Å². The number of unbranched alkanes of at least 4 members (excludes halogenated alkanes) is 10. The van der Waals surface area contributed by atoms with Crippen LogP contribution in [0.5, 0.6) is 0 Å². The summed E-state index contributed by atoms with van der Waals surface area (Å²) in [7, 11) is 0. The third-order valence-corrected chi connectivity index (χ3v) is 11.5. The summed E-state index contributed by atoms with van der Waals surface area (Å²) in [6, 6.07) is 0. The Kier molecular flexibility index (Phi) is 10.6. The zero-order valence-corrected chi connectivity index (χ0v) is 27.8. The van der Waals surface area contributed by atoms with Gasteiger partial charge in [-0.05, 0) is 24.5 Å². The smallest absolute Gasteiger partial charge is 0.306 e. The topological polar surface area (TPSA) is 130 Å². The Morgan fingerprint density at radius 1 is 0.955 bits per heavy atom. The lowest BCUT2D eigenvalue weighted by Gasteiger charge is -2.53. The van der Waals surface area contributed by atoms with Crippen LogP contribution in [-0.2, 0) is 23.9 Å². The summed E-state index contributed by atoms with van der Waals surface area (Å²) in [5.41, 5.74) is -4.71. The molecule has 1 unspecified atom stereocenters. The van der Waals surface area contributed by atoms with Crippen LogP contribution in [0.3, 0.4) is 0 Å². The van der Waals surface area contributed by atoms with Crippen molar-refractivity contribution in [1.29, 1.82) is 0 Å². The number of ether oxygens (including phenoxy) is 2. The molecule has 0 aromatic carbocycles. The van der Waals surface area contributed by atoms with Crippen LogP contribution < -0.4 is 0 Å². The van der Waals surface area contributed by atoms with Crippen molar-refractivity contribution in [2.45, 2.75) is 148 Å². The van der Waals surface area contributed by atoms with E-state index < -0.39 is 69.7 Å². The summed E-state index contributed by atoms with van der Waals surface area (Å²) in [6.45, 7) is 10.4. The number of rotatable bonds is 15. The van der Waals surface area contributed by atoms with Crippen molar-refractivity contribution in [2.75, 3.05) is 6.61 Å². The molecule has 0 bridgehead atoms. The lowest BCUT2D eigenvalue weighted by atomic mass is 9.59. The van der Waals surface area contributed by atoms with Gasteiger partial charge in [0.2, 0.25) is 0 Å². The second kappa shape index (κ2) is 13.4.